The van der Waals surface area contributed by atoms with E-state index in [2.05, 4.69) is 15.0 Å². The van der Waals surface area contributed by atoms with E-state index in [0.29, 0.717) is 18.5 Å². The Bertz CT molecular complexity index is 1270. The molecule has 3 heterocycles. The predicted molar refractivity (Wildman–Crippen MR) is 108 cm³/mol. The summed E-state index contributed by atoms with van der Waals surface area (Å²) in [6.45, 7) is 0.352. The minimum atomic E-state index is -4.48. The van der Waals surface area contributed by atoms with Crippen LogP contribution < -0.4 is 0 Å². The summed E-state index contributed by atoms with van der Waals surface area (Å²) in [5.41, 5.74) is 2.42. The number of carbonyl (C=O) groups excluding carboxylic acids is 1. The van der Waals surface area contributed by atoms with Gasteiger partial charge in [0.05, 0.1) is 17.8 Å². The summed E-state index contributed by atoms with van der Waals surface area (Å²) in [6, 6.07) is 12.2. The number of fused-ring (bicyclic) bond motifs is 3. The molecule has 1 aliphatic rings. The van der Waals surface area contributed by atoms with Gasteiger partial charge in [-0.2, -0.15) is 13.2 Å². The number of rotatable bonds is 2. The van der Waals surface area contributed by atoms with Crippen LogP contribution in [-0.4, -0.2) is 32.3 Å². The van der Waals surface area contributed by atoms with Crippen LogP contribution in [0, 0.1) is 0 Å². The Balaban J connectivity index is 1.69. The number of aromatic amines is 1. The van der Waals surface area contributed by atoms with E-state index < -0.39 is 17.8 Å². The molecule has 31 heavy (non-hydrogen) atoms. The molecule has 2 aromatic heterocycles. The molecule has 0 fully saturated rings. The number of H-pyrrole nitrogens is 1. The van der Waals surface area contributed by atoms with Gasteiger partial charge in [-0.1, -0.05) is 30.3 Å². The number of benzene rings is 2. The van der Waals surface area contributed by atoms with Crippen molar-refractivity contribution >= 4 is 16.8 Å². The van der Waals surface area contributed by atoms with Gasteiger partial charge in [-0.05, 0) is 35.7 Å². The normalized spacial score (nSPS) is 16.4. The molecule has 156 valence electrons. The summed E-state index contributed by atoms with van der Waals surface area (Å²) in [6.07, 6.45) is 0.360. The van der Waals surface area contributed by atoms with Crippen LogP contribution in [0.25, 0.3) is 10.9 Å². The molecule has 0 saturated carbocycles. The highest BCUT2D eigenvalue weighted by molar-refractivity contribution is 5.93. The summed E-state index contributed by atoms with van der Waals surface area (Å²) in [7, 11) is 0. The molecule has 5 rings (SSSR count). The molecule has 0 radical (unpaired) electrons. The zero-order valence-electron chi connectivity index (χ0n) is 16.2. The van der Waals surface area contributed by atoms with E-state index in [1.807, 2.05) is 24.3 Å². The molecule has 2 aromatic carbocycles. The van der Waals surface area contributed by atoms with Gasteiger partial charge in [0.15, 0.2) is 0 Å². The van der Waals surface area contributed by atoms with Crippen LogP contribution in [0.5, 0.6) is 0 Å². The number of hydrogen-bond donors (Lipinski definition) is 1. The first kappa shape index (κ1) is 19.3. The van der Waals surface area contributed by atoms with Crippen LogP contribution in [-0.2, 0) is 12.6 Å². The lowest BCUT2D eigenvalue weighted by Crippen LogP contribution is -2.41. The largest absolute Gasteiger partial charge is 0.416 e. The van der Waals surface area contributed by atoms with Crippen molar-refractivity contribution in [1.29, 1.82) is 0 Å². The molecule has 1 atom stereocenters. The first-order valence-corrected chi connectivity index (χ1v) is 9.77. The van der Waals surface area contributed by atoms with Gasteiger partial charge >= 0.3 is 6.18 Å². The van der Waals surface area contributed by atoms with Gasteiger partial charge in [0.25, 0.3) is 5.91 Å². The molecule has 5 nitrogen and oxygen atoms in total. The maximum absolute atomic E-state index is 13.4. The number of amides is 1. The number of nitrogens with zero attached hydrogens (tertiary/aromatic N) is 3. The molecule has 0 bridgehead atoms. The van der Waals surface area contributed by atoms with Gasteiger partial charge in [0.2, 0.25) is 0 Å². The Morgan fingerprint density at radius 1 is 1.10 bits per heavy atom. The topological polar surface area (TPSA) is 61.9 Å². The predicted octanol–water partition coefficient (Wildman–Crippen LogP) is 4.76. The van der Waals surface area contributed by atoms with Crippen molar-refractivity contribution < 1.29 is 18.0 Å². The average Bonchev–Trinajstić information content (AvgIpc) is 3.17. The maximum atomic E-state index is 13.4. The lowest BCUT2D eigenvalue weighted by Gasteiger charge is -2.36. The van der Waals surface area contributed by atoms with E-state index >= 15 is 0 Å². The Kier molecular flexibility index (Phi) is 4.50. The second-order valence-corrected chi connectivity index (χ2v) is 7.43. The van der Waals surface area contributed by atoms with Gasteiger partial charge in [-0.3, -0.25) is 9.78 Å². The monoisotopic (exact) mass is 422 g/mol. The van der Waals surface area contributed by atoms with Crippen molar-refractivity contribution in [3.05, 3.63) is 95.2 Å². The molecule has 1 N–H and O–H groups in total. The van der Waals surface area contributed by atoms with Crippen LogP contribution >= 0.6 is 0 Å². The third-order valence-electron chi connectivity index (χ3n) is 5.61. The summed E-state index contributed by atoms with van der Waals surface area (Å²) in [5, 5.41) is 1.01. The average molecular weight is 422 g/mol. The van der Waals surface area contributed by atoms with Crippen LogP contribution in [0.2, 0.25) is 0 Å². The van der Waals surface area contributed by atoms with Crippen molar-refractivity contribution in [2.24, 2.45) is 0 Å². The zero-order valence-corrected chi connectivity index (χ0v) is 16.2. The van der Waals surface area contributed by atoms with Crippen LogP contribution in [0.4, 0.5) is 13.2 Å². The smallest absolute Gasteiger partial charge is 0.356 e. The third-order valence-corrected chi connectivity index (χ3v) is 5.61. The van der Waals surface area contributed by atoms with E-state index in [1.165, 1.54) is 24.7 Å². The lowest BCUT2D eigenvalue weighted by molar-refractivity contribution is -0.137. The van der Waals surface area contributed by atoms with E-state index in [1.54, 1.807) is 11.0 Å². The second kappa shape index (κ2) is 7.23. The summed E-state index contributed by atoms with van der Waals surface area (Å²) in [4.78, 5) is 26.2. The number of hydrogen-bond acceptors (Lipinski definition) is 3. The van der Waals surface area contributed by atoms with E-state index in [9.17, 15) is 18.0 Å². The van der Waals surface area contributed by atoms with Crippen molar-refractivity contribution in [2.45, 2.75) is 18.6 Å². The minimum Gasteiger partial charge on any atom is -0.356 e. The molecule has 4 aromatic rings. The Hall–Kier alpha value is -3.68. The van der Waals surface area contributed by atoms with E-state index in [0.717, 1.165) is 34.3 Å². The molecule has 1 aliphatic heterocycles. The fourth-order valence-electron chi connectivity index (χ4n) is 4.25. The number of nitrogens with one attached hydrogen (secondary N) is 1. The fourth-order valence-corrected chi connectivity index (χ4v) is 4.25. The number of alkyl halides is 3. The minimum absolute atomic E-state index is 0.152. The van der Waals surface area contributed by atoms with Gasteiger partial charge in [0.1, 0.15) is 5.69 Å². The first-order chi connectivity index (χ1) is 14.9. The van der Waals surface area contributed by atoms with Crippen molar-refractivity contribution in [1.82, 2.24) is 19.9 Å². The first-order valence-electron chi connectivity index (χ1n) is 9.77. The van der Waals surface area contributed by atoms with Crippen molar-refractivity contribution in [2.75, 3.05) is 6.54 Å². The molecule has 8 heteroatoms. The van der Waals surface area contributed by atoms with E-state index in [-0.39, 0.29) is 11.6 Å². The molecular weight excluding hydrogens is 405 g/mol. The second-order valence-electron chi connectivity index (χ2n) is 7.43. The van der Waals surface area contributed by atoms with E-state index in [4.69, 9.17) is 0 Å². The van der Waals surface area contributed by atoms with Gasteiger partial charge in [0, 0.05) is 35.5 Å². The Morgan fingerprint density at radius 2 is 1.94 bits per heavy atom. The summed E-state index contributed by atoms with van der Waals surface area (Å²) >= 11 is 0. The summed E-state index contributed by atoms with van der Waals surface area (Å²) in [5.74, 6) is -0.375. The highest BCUT2D eigenvalue weighted by Gasteiger charge is 2.37. The van der Waals surface area contributed by atoms with Gasteiger partial charge in [-0.25, -0.2) is 4.98 Å². The van der Waals surface area contributed by atoms with Crippen molar-refractivity contribution in [3.8, 4) is 0 Å². The van der Waals surface area contributed by atoms with Gasteiger partial charge < -0.3 is 9.88 Å². The fraction of sp³-hybridized carbons (Fsp3) is 0.174. The molecule has 0 aliphatic carbocycles. The molecule has 0 saturated heterocycles. The van der Waals surface area contributed by atoms with Crippen LogP contribution in [0.3, 0.4) is 0 Å². The third kappa shape index (κ3) is 3.34. The standard InChI is InChI=1S/C23H17F3N4O/c24-23(25,26)15-5-3-4-14(12-15)21-20-17(16-6-1-2-7-18(16)29-20)8-11-30(21)22(31)19-13-27-9-10-28-19/h1-7,9-10,12-13,21,29H,8,11H2. The summed E-state index contributed by atoms with van der Waals surface area (Å²) < 4.78 is 40.2. The quantitative estimate of drug-likeness (QED) is 0.507. The van der Waals surface area contributed by atoms with Gasteiger partial charge in [-0.15, -0.1) is 0 Å². The van der Waals surface area contributed by atoms with Crippen molar-refractivity contribution in [3.63, 3.8) is 0 Å². The molecular formula is C23H17F3N4O. The SMILES string of the molecule is O=C(c1cnccn1)N1CCc2c([nH]c3ccccc23)C1c1cccc(C(F)(F)F)c1. The zero-order chi connectivity index (χ0) is 21.6. The number of para-hydroxylation sites is 1. The highest BCUT2D eigenvalue weighted by atomic mass is 19.4. The Morgan fingerprint density at radius 3 is 2.71 bits per heavy atom. The Labute approximate surface area is 175 Å². The molecule has 1 unspecified atom stereocenters. The molecule has 0 spiro atoms. The lowest BCUT2D eigenvalue weighted by atomic mass is 9.91. The maximum Gasteiger partial charge on any atom is 0.416 e. The molecule has 1 amide bonds. The number of carbonyl (C=O) groups is 1. The van der Waals surface area contributed by atoms with Crippen LogP contribution in [0.1, 0.15) is 38.9 Å². The number of aromatic nitrogens is 3. The highest BCUT2D eigenvalue weighted by Crippen LogP contribution is 2.40. The van der Waals surface area contributed by atoms with Crippen LogP contribution in [0.15, 0.2) is 67.1 Å². The number of halogens is 3.